The lowest BCUT2D eigenvalue weighted by molar-refractivity contribution is 0.0936. The molecular weight excluding hydrogens is 242 g/mol. The van der Waals surface area contributed by atoms with Crippen molar-refractivity contribution in [2.75, 3.05) is 19.7 Å². The van der Waals surface area contributed by atoms with Crippen LogP contribution in [0.1, 0.15) is 12.0 Å². The molecule has 1 aromatic rings. The minimum Gasteiger partial charge on any atom is -0.396 e. The van der Waals surface area contributed by atoms with Crippen molar-refractivity contribution in [3.63, 3.8) is 0 Å². The average Bonchev–Trinajstić information content (AvgIpc) is 2.47. The van der Waals surface area contributed by atoms with Gasteiger partial charge in [-0.3, -0.25) is 21.0 Å². The van der Waals surface area contributed by atoms with Gasteiger partial charge < -0.3 is 5.11 Å². The van der Waals surface area contributed by atoms with Gasteiger partial charge in [0.25, 0.3) is 0 Å². The van der Waals surface area contributed by atoms with E-state index in [2.05, 4.69) is 17.0 Å². The summed E-state index contributed by atoms with van der Waals surface area (Å²) in [5.41, 5.74) is 3.16. The molecule has 1 aliphatic heterocycles. The first kappa shape index (κ1) is 14.0. The molecule has 1 fully saturated rings. The van der Waals surface area contributed by atoms with Crippen LogP contribution in [-0.2, 0) is 6.54 Å². The molecule has 1 heterocycles. The van der Waals surface area contributed by atoms with Crippen molar-refractivity contribution in [1.82, 2.24) is 10.4 Å². The summed E-state index contributed by atoms with van der Waals surface area (Å²) in [6.45, 7) is 2.51. The molecule has 0 radical (unpaired) electrons. The highest BCUT2D eigenvalue weighted by Crippen LogP contribution is 2.23. The molecule has 1 saturated heterocycles. The Balaban J connectivity index is 2.01. The summed E-state index contributed by atoms with van der Waals surface area (Å²) in [7, 11) is 0. The third kappa shape index (κ3) is 3.76. The number of aliphatic hydroxyl groups is 1. The first-order valence-corrected chi connectivity index (χ1v) is 6.58. The molecule has 2 rings (SSSR count). The van der Waals surface area contributed by atoms with Crippen LogP contribution in [0.5, 0.6) is 0 Å². The van der Waals surface area contributed by atoms with Crippen molar-refractivity contribution in [3.8, 4) is 0 Å². The van der Waals surface area contributed by atoms with Crippen molar-refractivity contribution >= 4 is 5.84 Å². The quantitative estimate of drug-likeness (QED) is 0.372. The summed E-state index contributed by atoms with van der Waals surface area (Å²) in [5, 5.41) is 25.9. The topological polar surface area (TPSA) is 79.6 Å². The largest absolute Gasteiger partial charge is 0.396 e. The van der Waals surface area contributed by atoms with Gasteiger partial charge in [-0.1, -0.05) is 30.3 Å². The Morgan fingerprint density at radius 1 is 1.32 bits per heavy atom. The summed E-state index contributed by atoms with van der Waals surface area (Å²) in [4.78, 5) is 2.23. The molecule has 0 amide bonds. The van der Waals surface area contributed by atoms with Gasteiger partial charge in [-0.05, 0) is 17.9 Å². The molecule has 2 atom stereocenters. The Morgan fingerprint density at radius 3 is 2.68 bits per heavy atom. The van der Waals surface area contributed by atoms with E-state index >= 15 is 0 Å². The Labute approximate surface area is 113 Å². The first-order valence-electron chi connectivity index (χ1n) is 6.58. The molecule has 104 valence electrons. The molecule has 4 N–H and O–H groups in total. The summed E-state index contributed by atoms with van der Waals surface area (Å²) >= 11 is 0. The van der Waals surface area contributed by atoms with E-state index < -0.39 is 0 Å². The van der Waals surface area contributed by atoms with Crippen LogP contribution in [-0.4, -0.2) is 40.7 Å². The molecule has 0 aromatic heterocycles. The number of likely N-dealkylation sites (tertiary alicyclic amines) is 1. The molecule has 19 heavy (non-hydrogen) atoms. The SMILES string of the molecule is N=C(NO)[C@H]1C[C@@H](CO)CN(Cc2ccccc2)C1. The molecule has 0 unspecified atom stereocenters. The normalized spacial score (nSPS) is 24.1. The van der Waals surface area contributed by atoms with E-state index in [1.807, 2.05) is 23.7 Å². The zero-order valence-electron chi connectivity index (χ0n) is 10.9. The fourth-order valence-electron chi connectivity index (χ4n) is 2.71. The molecule has 5 heteroatoms. The number of nitrogens with zero attached hydrogens (tertiary/aromatic N) is 1. The molecule has 0 saturated carbocycles. The predicted molar refractivity (Wildman–Crippen MR) is 73.1 cm³/mol. The number of aliphatic hydroxyl groups excluding tert-OH is 1. The smallest absolute Gasteiger partial charge is 0.122 e. The number of rotatable bonds is 4. The van der Waals surface area contributed by atoms with Crippen molar-refractivity contribution in [2.45, 2.75) is 13.0 Å². The minimum atomic E-state index is -0.0420. The van der Waals surface area contributed by atoms with Crippen LogP contribution in [0.3, 0.4) is 0 Å². The third-order valence-corrected chi connectivity index (χ3v) is 3.65. The number of benzene rings is 1. The standard InChI is InChI=1S/C14H21N3O2/c15-14(16-19)13-6-12(10-18)8-17(9-13)7-11-4-2-1-3-5-11/h1-5,12-13,18-19H,6-10H2,(H2,15,16)/t12-,13+/m1/s1. The molecule has 0 aliphatic carbocycles. The van der Waals surface area contributed by atoms with Gasteiger partial charge in [-0.25, -0.2) is 0 Å². The second kappa shape index (κ2) is 6.65. The van der Waals surface area contributed by atoms with E-state index in [0.29, 0.717) is 0 Å². The maximum atomic E-state index is 9.37. The van der Waals surface area contributed by atoms with E-state index in [-0.39, 0.29) is 24.3 Å². The lowest BCUT2D eigenvalue weighted by Crippen LogP contribution is -2.46. The fraction of sp³-hybridized carbons (Fsp3) is 0.500. The van der Waals surface area contributed by atoms with Crippen LogP contribution < -0.4 is 5.48 Å². The van der Waals surface area contributed by atoms with Crippen LogP contribution in [0.15, 0.2) is 30.3 Å². The van der Waals surface area contributed by atoms with Crippen molar-refractivity contribution in [3.05, 3.63) is 35.9 Å². The zero-order chi connectivity index (χ0) is 13.7. The fourth-order valence-corrected chi connectivity index (χ4v) is 2.71. The van der Waals surface area contributed by atoms with Crippen molar-refractivity contribution in [2.24, 2.45) is 11.8 Å². The van der Waals surface area contributed by atoms with Crippen LogP contribution >= 0.6 is 0 Å². The van der Waals surface area contributed by atoms with Gasteiger partial charge in [0, 0.05) is 32.2 Å². The van der Waals surface area contributed by atoms with E-state index in [1.165, 1.54) is 5.56 Å². The molecule has 5 nitrogen and oxygen atoms in total. The highest BCUT2D eigenvalue weighted by molar-refractivity contribution is 5.80. The van der Waals surface area contributed by atoms with Gasteiger partial charge in [0.15, 0.2) is 0 Å². The highest BCUT2D eigenvalue weighted by Gasteiger charge is 2.29. The van der Waals surface area contributed by atoms with Crippen LogP contribution in [0.2, 0.25) is 0 Å². The molecule has 1 aromatic carbocycles. The van der Waals surface area contributed by atoms with Gasteiger partial charge in [0.2, 0.25) is 0 Å². The lowest BCUT2D eigenvalue weighted by atomic mass is 9.88. The first-order chi connectivity index (χ1) is 9.22. The zero-order valence-corrected chi connectivity index (χ0v) is 10.9. The van der Waals surface area contributed by atoms with Gasteiger partial charge >= 0.3 is 0 Å². The number of hydrogen-bond donors (Lipinski definition) is 4. The summed E-state index contributed by atoms with van der Waals surface area (Å²) in [6, 6.07) is 10.2. The monoisotopic (exact) mass is 263 g/mol. The van der Waals surface area contributed by atoms with Gasteiger partial charge in [-0.2, -0.15) is 0 Å². The van der Waals surface area contributed by atoms with E-state index in [1.54, 1.807) is 0 Å². The number of amidine groups is 1. The molecule has 1 aliphatic rings. The average molecular weight is 263 g/mol. The van der Waals surface area contributed by atoms with Crippen LogP contribution in [0.4, 0.5) is 0 Å². The van der Waals surface area contributed by atoms with Gasteiger partial charge in [-0.15, -0.1) is 0 Å². The Morgan fingerprint density at radius 2 is 2.05 bits per heavy atom. The van der Waals surface area contributed by atoms with Gasteiger partial charge in [0.05, 0.1) is 0 Å². The maximum absolute atomic E-state index is 9.37. The third-order valence-electron chi connectivity index (χ3n) is 3.65. The Kier molecular flexibility index (Phi) is 4.90. The molecule has 0 spiro atoms. The van der Waals surface area contributed by atoms with Crippen LogP contribution in [0, 0.1) is 17.2 Å². The van der Waals surface area contributed by atoms with E-state index in [0.717, 1.165) is 26.1 Å². The Bertz CT molecular complexity index is 410. The second-order valence-corrected chi connectivity index (χ2v) is 5.19. The second-order valence-electron chi connectivity index (χ2n) is 5.19. The lowest BCUT2D eigenvalue weighted by Gasteiger charge is -2.37. The van der Waals surface area contributed by atoms with E-state index in [9.17, 15) is 5.11 Å². The number of hydrogen-bond acceptors (Lipinski definition) is 4. The molecular formula is C14H21N3O2. The van der Waals surface area contributed by atoms with Crippen LogP contribution in [0.25, 0.3) is 0 Å². The Hall–Kier alpha value is -1.43. The highest BCUT2D eigenvalue weighted by atomic mass is 16.5. The predicted octanol–water partition coefficient (Wildman–Crippen LogP) is 1.07. The van der Waals surface area contributed by atoms with Crippen molar-refractivity contribution < 1.29 is 10.3 Å². The number of piperidine rings is 1. The van der Waals surface area contributed by atoms with Crippen molar-refractivity contribution in [1.29, 1.82) is 5.41 Å². The summed E-state index contributed by atoms with van der Waals surface area (Å²) < 4.78 is 0. The number of nitrogens with one attached hydrogen (secondary N) is 2. The number of hydroxylamine groups is 1. The summed E-state index contributed by atoms with van der Waals surface area (Å²) in [6.07, 6.45) is 0.744. The van der Waals surface area contributed by atoms with Gasteiger partial charge in [0.1, 0.15) is 5.84 Å². The summed E-state index contributed by atoms with van der Waals surface area (Å²) in [5.74, 6) is 0.256. The minimum absolute atomic E-state index is 0.0420. The van der Waals surface area contributed by atoms with E-state index in [4.69, 9.17) is 10.6 Å². The molecule has 0 bridgehead atoms. The maximum Gasteiger partial charge on any atom is 0.122 e.